The van der Waals surface area contributed by atoms with Gasteiger partial charge in [-0.3, -0.25) is 4.79 Å². The van der Waals surface area contributed by atoms with E-state index in [1.165, 1.54) is 6.42 Å². The summed E-state index contributed by atoms with van der Waals surface area (Å²) < 4.78 is 5.17. The third kappa shape index (κ3) is 6.35. The highest BCUT2D eigenvalue weighted by molar-refractivity contribution is 5.75. The summed E-state index contributed by atoms with van der Waals surface area (Å²) in [6, 6.07) is -0.154. The molecule has 4 nitrogen and oxygen atoms in total. The maximum Gasteiger partial charge on any atom is 0.323 e. The first-order chi connectivity index (χ1) is 9.88. The van der Waals surface area contributed by atoms with Gasteiger partial charge < -0.3 is 15.0 Å². The maximum absolute atomic E-state index is 12.0. The lowest BCUT2D eigenvalue weighted by molar-refractivity contribution is -0.145. The number of rotatable bonds is 8. The van der Waals surface area contributed by atoms with Gasteiger partial charge in [0.05, 0.1) is 6.61 Å². The molecule has 0 spiro atoms. The zero-order chi connectivity index (χ0) is 15.9. The van der Waals surface area contributed by atoms with Gasteiger partial charge in [0.1, 0.15) is 6.04 Å². The van der Waals surface area contributed by atoms with Crippen molar-refractivity contribution in [2.24, 2.45) is 11.3 Å². The molecule has 1 aliphatic heterocycles. The van der Waals surface area contributed by atoms with Crippen LogP contribution in [-0.2, 0) is 9.53 Å². The summed E-state index contributed by atoms with van der Waals surface area (Å²) in [6.45, 7) is 15.6. The van der Waals surface area contributed by atoms with E-state index in [2.05, 4.69) is 37.9 Å². The maximum atomic E-state index is 12.0. The van der Waals surface area contributed by atoms with Crippen LogP contribution in [0.5, 0.6) is 0 Å². The van der Waals surface area contributed by atoms with E-state index in [0.29, 0.717) is 12.0 Å². The molecule has 0 aliphatic carbocycles. The standard InChI is InChI=1S/C17H34N2O2/c1-6-10-18-15(16(20)21-7-2)9-12-19-11-8-14(13-19)17(3,4)5/h14-15,18H,6-13H2,1-5H3. The first-order valence-corrected chi connectivity index (χ1v) is 8.50. The Labute approximate surface area is 130 Å². The molecule has 2 atom stereocenters. The molecule has 0 radical (unpaired) electrons. The fourth-order valence-electron chi connectivity index (χ4n) is 2.92. The molecule has 1 saturated heterocycles. The van der Waals surface area contributed by atoms with Crippen LogP contribution in [0.2, 0.25) is 0 Å². The van der Waals surface area contributed by atoms with Crippen molar-refractivity contribution in [1.29, 1.82) is 0 Å². The van der Waals surface area contributed by atoms with Crippen LogP contribution in [-0.4, -0.2) is 49.7 Å². The summed E-state index contributed by atoms with van der Waals surface area (Å²) in [7, 11) is 0. The van der Waals surface area contributed by atoms with E-state index in [0.717, 1.165) is 44.9 Å². The molecule has 1 N–H and O–H groups in total. The van der Waals surface area contributed by atoms with Crippen molar-refractivity contribution in [1.82, 2.24) is 10.2 Å². The Morgan fingerprint density at radius 2 is 2.10 bits per heavy atom. The average molecular weight is 298 g/mol. The lowest BCUT2D eigenvalue weighted by Crippen LogP contribution is -2.41. The second-order valence-corrected chi connectivity index (χ2v) is 7.20. The Morgan fingerprint density at radius 1 is 1.38 bits per heavy atom. The van der Waals surface area contributed by atoms with Crippen molar-refractivity contribution < 1.29 is 9.53 Å². The van der Waals surface area contributed by atoms with Gasteiger partial charge in [-0.05, 0) is 50.6 Å². The minimum absolute atomic E-state index is 0.0995. The molecule has 0 amide bonds. The Bertz CT molecular complexity index is 312. The number of ether oxygens (including phenoxy) is 1. The fraction of sp³-hybridized carbons (Fsp3) is 0.941. The van der Waals surface area contributed by atoms with Crippen LogP contribution in [0.1, 0.15) is 53.9 Å². The third-order valence-corrected chi connectivity index (χ3v) is 4.44. The van der Waals surface area contributed by atoms with E-state index in [4.69, 9.17) is 4.74 Å². The normalized spacial score (nSPS) is 21.5. The molecule has 2 unspecified atom stereocenters. The summed E-state index contributed by atoms with van der Waals surface area (Å²) >= 11 is 0. The second-order valence-electron chi connectivity index (χ2n) is 7.20. The Balaban J connectivity index is 2.41. The van der Waals surface area contributed by atoms with Crippen molar-refractivity contribution in [3.63, 3.8) is 0 Å². The molecule has 0 aromatic rings. The zero-order valence-corrected chi connectivity index (χ0v) is 14.6. The van der Waals surface area contributed by atoms with E-state index in [1.807, 2.05) is 6.92 Å². The number of carbonyl (C=O) groups excluding carboxylic acids is 1. The number of esters is 1. The molecule has 4 heteroatoms. The van der Waals surface area contributed by atoms with E-state index in [1.54, 1.807) is 0 Å². The molecule has 0 saturated carbocycles. The summed E-state index contributed by atoms with van der Waals surface area (Å²) in [5.74, 6) is 0.666. The van der Waals surface area contributed by atoms with E-state index < -0.39 is 0 Å². The molecule has 1 fully saturated rings. The largest absolute Gasteiger partial charge is 0.465 e. The quantitative estimate of drug-likeness (QED) is 0.700. The Morgan fingerprint density at radius 3 is 2.62 bits per heavy atom. The first-order valence-electron chi connectivity index (χ1n) is 8.50. The van der Waals surface area contributed by atoms with Crippen LogP contribution in [0.3, 0.4) is 0 Å². The zero-order valence-electron chi connectivity index (χ0n) is 14.6. The molecule has 124 valence electrons. The van der Waals surface area contributed by atoms with Gasteiger partial charge in [-0.1, -0.05) is 27.7 Å². The average Bonchev–Trinajstić information content (AvgIpc) is 2.88. The molecule has 0 aromatic carbocycles. The highest BCUT2D eigenvalue weighted by atomic mass is 16.5. The minimum Gasteiger partial charge on any atom is -0.465 e. The summed E-state index contributed by atoms with van der Waals surface area (Å²) in [5, 5.41) is 3.32. The molecular formula is C17H34N2O2. The Kier molecular flexibility index (Phi) is 7.67. The number of hydrogen-bond donors (Lipinski definition) is 1. The number of hydrogen-bond acceptors (Lipinski definition) is 4. The number of nitrogens with one attached hydrogen (secondary N) is 1. The van der Waals surface area contributed by atoms with Crippen LogP contribution in [0.15, 0.2) is 0 Å². The molecule has 1 aliphatic rings. The monoisotopic (exact) mass is 298 g/mol. The summed E-state index contributed by atoms with van der Waals surface area (Å²) in [5.41, 5.74) is 0.385. The van der Waals surface area contributed by atoms with Crippen LogP contribution in [0.25, 0.3) is 0 Å². The lowest BCUT2D eigenvalue weighted by Gasteiger charge is -2.27. The van der Waals surface area contributed by atoms with Crippen molar-refractivity contribution >= 4 is 5.97 Å². The van der Waals surface area contributed by atoms with Gasteiger partial charge in [-0.2, -0.15) is 0 Å². The number of nitrogens with zero attached hydrogens (tertiary/aromatic N) is 1. The van der Waals surface area contributed by atoms with E-state index >= 15 is 0 Å². The smallest absolute Gasteiger partial charge is 0.323 e. The second kappa shape index (κ2) is 8.74. The minimum atomic E-state index is -0.154. The van der Waals surface area contributed by atoms with Gasteiger partial charge in [-0.25, -0.2) is 0 Å². The van der Waals surface area contributed by atoms with E-state index in [9.17, 15) is 4.79 Å². The summed E-state index contributed by atoms with van der Waals surface area (Å²) in [6.07, 6.45) is 3.15. The van der Waals surface area contributed by atoms with Gasteiger partial charge >= 0.3 is 5.97 Å². The van der Waals surface area contributed by atoms with Gasteiger partial charge in [0.2, 0.25) is 0 Å². The highest BCUT2D eigenvalue weighted by Crippen LogP contribution is 2.33. The molecular weight excluding hydrogens is 264 g/mol. The van der Waals surface area contributed by atoms with Crippen molar-refractivity contribution in [3.05, 3.63) is 0 Å². The molecule has 21 heavy (non-hydrogen) atoms. The van der Waals surface area contributed by atoms with Gasteiger partial charge in [0, 0.05) is 13.1 Å². The van der Waals surface area contributed by atoms with Crippen LogP contribution < -0.4 is 5.32 Å². The first kappa shape index (κ1) is 18.4. The van der Waals surface area contributed by atoms with Crippen molar-refractivity contribution in [3.8, 4) is 0 Å². The lowest BCUT2D eigenvalue weighted by atomic mass is 9.80. The van der Waals surface area contributed by atoms with Gasteiger partial charge in [0.25, 0.3) is 0 Å². The number of likely N-dealkylation sites (tertiary alicyclic amines) is 1. The van der Waals surface area contributed by atoms with Crippen molar-refractivity contribution in [2.45, 2.75) is 59.9 Å². The Hall–Kier alpha value is -0.610. The van der Waals surface area contributed by atoms with Gasteiger partial charge in [0.15, 0.2) is 0 Å². The third-order valence-electron chi connectivity index (χ3n) is 4.44. The van der Waals surface area contributed by atoms with E-state index in [-0.39, 0.29) is 12.0 Å². The molecule has 1 rings (SSSR count). The summed E-state index contributed by atoms with van der Waals surface area (Å²) in [4.78, 5) is 14.5. The van der Waals surface area contributed by atoms with Crippen molar-refractivity contribution in [2.75, 3.05) is 32.8 Å². The molecule has 1 heterocycles. The van der Waals surface area contributed by atoms with Crippen LogP contribution in [0.4, 0.5) is 0 Å². The molecule has 0 aromatic heterocycles. The SMILES string of the molecule is CCCNC(CCN1CCC(C(C)(C)C)C1)C(=O)OCC. The topological polar surface area (TPSA) is 41.6 Å². The molecule has 0 bridgehead atoms. The van der Waals surface area contributed by atoms with Crippen LogP contribution in [0, 0.1) is 11.3 Å². The predicted molar refractivity (Wildman–Crippen MR) is 87.3 cm³/mol. The van der Waals surface area contributed by atoms with Crippen LogP contribution >= 0.6 is 0 Å². The highest BCUT2D eigenvalue weighted by Gasteiger charge is 2.32. The predicted octanol–water partition coefficient (Wildman–Crippen LogP) is 2.68. The fourth-order valence-corrected chi connectivity index (χ4v) is 2.92. The van der Waals surface area contributed by atoms with Gasteiger partial charge in [-0.15, -0.1) is 0 Å². The number of carbonyl (C=O) groups is 1.